The Morgan fingerprint density at radius 2 is 1.46 bits per heavy atom. The fourth-order valence-electron chi connectivity index (χ4n) is 3.82. The van der Waals surface area contributed by atoms with E-state index in [1.165, 1.54) is 12.1 Å². The number of nitrogen functional groups attached to an aromatic ring is 1. The van der Waals surface area contributed by atoms with Gasteiger partial charge in [0.25, 0.3) is 0 Å². The van der Waals surface area contributed by atoms with Crippen LogP contribution in [-0.2, 0) is 18.9 Å². The van der Waals surface area contributed by atoms with Crippen LogP contribution in [0.4, 0.5) is 37.7 Å². The van der Waals surface area contributed by atoms with Crippen LogP contribution in [0.2, 0.25) is 0 Å². The fraction of sp³-hybridized carbons (Fsp3) is 0.357. The number of aromatic nitrogens is 3. The number of fused-ring (bicyclic) bond motifs is 1. The zero-order chi connectivity index (χ0) is 29.0. The molecule has 0 fully saturated rings. The second kappa shape index (κ2) is 12.0. The summed E-state index contributed by atoms with van der Waals surface area (Å²) in [7, 11) is 0. The van der Waals surface area contributed by atoms with Gasteiger partial charge >= 0.3 is 12.4 Å². The monoisotopic (exact) mass is 551 g/mol. The molecule has 1 atom stereocenters. The lowest BCUT2D eigenvalue weighted by atomic mass is 10.1. The van der Waals surface area contributed by atoms with Gasteiger partial charge in [-0.2, -0.15) is 26.3 Å². The molecule has 2 heterocycles. The number of hydrogen-bond donors (Lipinski definition) is 2. The minimum Gasteiger partial charge on any atom is -0.397 e. The summed E-state index contributed by atoms with van der Waals surface area (Å²) in [5, 5.41) is 3.05. The Hall–Kier alpha value is -3.76. The van der Waals surface area contributed by atoms with Gasteiger partial charge in [-0.25, -0.2) is 4.98 Å². The number of halogens is 6. The summed E-state index contributed by atoms with van der Waals surface area (Å²) in [6.07, 6.45) is -4.54. The molecular weight excluding hydrogens is 520 g/mol. The largest absolute Gasteiger partial charge is 0.416 e. The van der Waals surface area contributed by atoms with Gasteiger partial charge < -0.3 is 15.6 Å². The maximum Gasteiger partial charge on any atom is 0.416 e. The third-order valence-corrected chi connectivity index (χ3v) is 5.95. The molecule has 0 saturated heterocycles. The van der Waals surface area contributed by atoms with Gasteiger partial charge in [-0.05, 0) is 67.8 Å². The van der Waals surface area contributed by atoms with Crippen molar-refractivity contribution in [3.05, 3.63) is 72.1 Å². The maximum atomic E-state index is 12.9. The number of hydrogen-bond acceptors (Lipinski definition) is 4. The summed E-state index contributed by atoms with van der Waals surface area (Å²) in [6.45, 7) is 8.73. The number of nitrogens with one attached hydrogen (secondary N) is 1. The molecule has 0 radical (unpaired) electrons. The van der Waals surface area contributed by atoms with E-state index in [-0.39, 0.29) is 11.7 Å². The summed E-state index contributed by atoms with van der Waals surface area (Å²) in [6, 6.07) is 10.9. The Morgan fingerprint density at radius 1 is 0.872 bits per heavy atom. The van der Waals surface area contributed by atoms with Crippen LogP contribution in [0.5, 0.6) is 0 Å². The third-order valence-electron chi connectivity index (χ3n) is 5.95. The van der Waals surface area contributed by atoms with Crippen molar-refractivity contribution in [3.63, 3.8) is 0 Å². The molecule has 0 saturated carbocycles. The molecule has 0 bridgehead atoms. The molecule has 0 aliphatic heterocycles. The Balaban J connectivity index is 0.000000231. The van der Waals surface area contributed by atoms with Crippen molar-refractivity contribution in [3.8, 4) is 11.4 Å². The number of benzene rings is 2. The Labute approximate surface area is 223 Å². The lowest BCUT2D eigenvalue weighted by Crippen LogP contribution is -2.15. The minimum absolute atomic E-state index is 0.120. The molecule has 0 aliphatic rings. The lowest BCUT2D eigenvalue weighted by Gasteiger charge is -2.16. The number of anilines is 2. The number of nitrogens with zero attached hydrogens (tertiary/aromatic N) is 3. The van der Waals surface area contributed by atoms with E-state index < -0.39 is 23.5 Å². The van der Waals surface area contributed by atoms with E-state index in [1.54, 1.807) is 12.4 Å². The Bertz CT molecular complexity index is 1380. The lowest BCUT2D eigenvalue weighted by molar-refractivity contribution is -0.138. The van der Waals surface area contributed by atoms with E-state index in [0.717, 1.165) is 36.2 Å². The molecule has 2 aromatic heterocycles. The van der Waals surface area contributed by atoms with Gasteiger partial charge in [-0.1, -0.05) is 20.8 Å². The zero-order valence-electron chi connectivity index (χ0n) is 22.0. The topological polar surface area (TPSA) is 68.8 Å². The summed E-state index contributed by atoms with van der Waals surface area (Å²) in [5.41, 5.74) is 6.72. The summed E-state index contributed by atoms with van der Waals surface area (Å²) < 4.78 is 77.8. The summed E-state index contributed by atoms with van der Waals surface area (Å²) >= 11 is 0. The average Bonchev–Trinajstić information content (AvgIpc) is 3.22. The molecule has 3 N–H and O–H groups in total. The number of pyridine rings is 1. The van der Waals surface area contributed by atoms with E-state index in [4.69, 9.17) is 5.73 Å². The van der Waals surface area contributed by atoms with E-state index in [1.807, 2.05) is 30.5 Å². The second-order valence-electron chi connectivity index (χ2n) is 9.63. The van der Waals surface area contributed by atoms with Crippen LogP contribution in [-0.4, -0.2) is 20.6 Å². The predicted molar refractivity (Wildman–Crippen MR) is 142 cm³/mol. The van der Waals surface area contributed by atoms with Crippen LogP contribution in [0.15, 0.2) is 60.9 Å². The molecule has 0 amide bonds. The normalized spacial score (nSPS) is 12.8. The first kappa shape index (κ1) is 29.8. The van der Waals surface area contributed by atoms with E-state index >= 15 is 0 Å². The van der Waals surface area contributed by atoms with Crippen LogP contribution >= 0.6 is 0 Å². The highest BCUT2D eigenvalue weighted by Gasteiger charge is 2.32. The zero-order valence-corrected chi connectivity index (χ0v) is 22.0. The third kappa shape index (κ3) is 7.64. The van der Waals surface area contributed by atoms with Crippen LogP contribution in [0.25, 0.3) is 22.4 Å². The van der Waals surface area contributed by atoms with Crippen LogP contribution in [0.1, 0.15) is 45.2 Å². The van der Waals surface area contributed by atoms with Crippen molar-refractivity contribution in [2.45, 2.75) is 59.1 Å². The molecule has 210 valence electrons. The van der Waals surface area contributed by atoms with Gasteiger partial charge in [0.15, 0.2) is 0 Å². The first-order chi connectivity index (χ1) is 18.2. The van der Waals surface area contributed by atoms with Gasteiger partial charge in [0.1, 0.15) is 5.82 Å². The fourth-order valence-corrected chi connectivity index (χ4v) is 3.82. The highest BCUT2D eigenvalue weighted by atomic mass is 19.4. The Kier molecular flexibility index (Phi) is 9.14. The highest BCUT2D eigenvalue weighted by molar-refractivity contribution is 5.81. The SMILES string of the molecule is CC(C)Cn1c(-c2ccncc2)nc2cc(C(F)(F)F)ccc21.CCC(C)Nc1ccc(C(F)(F)F)cc1N. The van der Waals surface area contributed by atoms with E-state index in [0.29, 0.717) is 35.0 Å². The molecule has 1 unspecified atom stereocenters. The number of rotatable bonds is 6. The van der Waals surface area contributed by atoms with Crippen molar-refractivity contribution in [1.82, 2.24) is 14.5 Å². The molecule has 5 nitrogen and oxygen atoms in total. The molecule has 0 spiro atoms. The van der Waals surface area contributed by atoms with Crippen molar-refractivity contribution in [2.24, 2.45) is 5.92 Å². The minimum atomic E-state index is -4.37. The van der Waals surface area contributed by atoms with Crippen LogP contribution in [0.3, 0.4) is 0 Å². The molecule has 0 aliphatic carbocycles. The van der Waals surface area contributed by atoms with E-state index in [9.17, 15) is 26.3 Å². The maximum absolute atomic E-state index is 12.9. The molecular formula is C28H31F6N5. The van der Waals surface area contributed by atoms with Gasteiger partial charge in [0.05, 0.1) is 33.5 Å². The summed E-state index contributed by atoms with van der Waals surface area (Å²) in [5.74, 6) is 1.01. The average molecular weight is 552 g/mol. The highest BCUT2D eigenvalue weighted by Crippen LogP contribution is 2.34. The number of nitrogens with two attached hydrogens (primary N) is 1. The first-order valence-corrected chi connectivity index (χ1v) is 12.4. The second-order valence-corrected chi connectivity index (χ2v) is 9.63. The van der Waals surface area contributed by atoms with Crippen molar-refractivity contribution in [1.29, 1.82) is 0 Å². The molecule has 11 heteroatoms. The standard InChI is InChI=1S/C17H16F3N3.C11H15F3N2/c1-11(2)10-23-15-4-3-13(17(18,19)20)9-14(15)22-16(23)12-5-7-21-8-6-12;1-3-7(2)16-10-5-4-8(6-9(10)15)11(12,13)14/h3-9,11H,10H2,1-2H3;4-7,16H,3,15H2,1-2H3. The molecule has 2 aromatic carbocycles. The predicted octanol–water partition coefficient (Wildman–Crippen LogP) is 8.27. The van der Waals surface area contributed by atoms with Crippen LogP contribution in [0, 0.1) is 5.92 Å². The summed E-state index contributed by atoms with van der Waals surface area (Å²) in [4.78, 5) is 8.42. The smallest absolute Gasteiger partial charge is 0.397 e. The number of alkyl halides is 6. The quantitative estimate of drug-likeness (QED) is 0.187. The van der Waals surface area contributed by atoms with Gasteiger partial charge in [0.2, 0.25) is 0 Å². The van der Waals surface area contributed by atoms with Gasteiger partial charge in [-0.3, -0.25) is 4.98 Å². The Morgan fingerprint density at radius 3 is 2.00 bits per heavy atom. The molecule has 4 aromatic rings. The van der Waals surface area contributed by atoms with Gasteiger partial charge in [-0.15, -0.1) is 0 Å². The number of imidazole rings is 1. The molecule has 39 heavy (non-hydrogen) atoms. The van der Waals surface area contributed by atoms with Crippen molar-refractivity contribution >= 4 is 22.4 Å². The van der Waals surface area contributed by atoms with Crippen molar-refractivity contribution < 1.29 is 26.3 Å². The van der Waals surface area contributed by atoms with Crippen molar-refractivity contribution in [2.75, 3.05) is 11.1 Å². The van der Waals surface area contributed by atoms with Gasteiger partial charge in [0, 0.05) is 30.5 Å². The molecule has 4 rings (SSSR count). The first-order valence-electron chi connectivity index (χ1n) is 12.4. The van der Waals surface area contributed by atoms with Crippen LogP contribution < -0.4 is 11.1 Å². The van der Waals surface area contributed by atoms with E-state index in [2.05, 4.69) is 29.1 Å².